The Morgan fingerprint density at radius 3 is 2.62 bits per heavy atom. The van der Waals surface area contributed by atoms with Gasteiger partial charge in [0, 0.05) is 51.4 Å². The molecule has 0 spiro atoms. The number of nitrogens with one attached hydrogen (secondary N) is 1. The molecule has 1 amide bonds. The van der Waals surface area contributed by atoms with Crippen LogP contribution in [0.1, 0.15) is 72.2 Å². The largest absolute Gasteiger partial charge is 0.376 e. The van der Waals surface area contributed by atoms with Crippen molar-refractivity contribution in [2.24, 2.45) is 0 Å². The van der Waals surface area contributed by atoms with Crippen molar-refractivity contribution in [3.05, 3.63) is 63.9 Å². The highest BCUT2D eigenvalue weighted by molar-refractivity contribution is 7.80. The van der Waals surface area contributed by atoms with Crippen molar-refractivity contribution >= 4 is 34.8 Å². The fraction of sp³-hybridized carbons (Fsp3) is 0.581. The van der Waals surface area contributed by atoms with Gasteiger partial charge in [0.15, 0.2) is 5.11 Å². The Labute approximate surface area is 249 Å². The fourth-order valence-electron chi connectivity index (χ4n) is 6.61. The van der Waals surface area contributed by atoms with E-state index in [1.54, 1.807) is 6.07 Å². The number of hydrogen-bond donors (Lipinski definition) is 1. The second-order valence-electron chi connectivity index (χ2n) is 11.5. The number of thiocarbonyl (C=S) groups is 1. The van der Waals surface area contributed by atoms with E-state index in [1.807, 2.05) is 13.8 Å². The summed E-state index contributed by atoms with van der Waals surface area (Å²) in [6.07, 6.45) is 5.64. The standard InChI is InChI=1S/C31H42ClN5O2S/c1-21-18-28(32)34-23(3)29(21)30(38)33-14-11-22(2)35-15-12-25(13-16-35)37-27(24-8-5-4-6-9-24)20-36(31(37)40)19-26-10-7-17-39-26/h4-6,8-9,18,22,25-27H,7,10-17,19-20H2,1-3H3,(H,33,38). The number of ether oxygens (including phenoxy) is 1. The maximum absolute atomic E-state index is 12.8. The zero-order chi connectivity index (χ0) is 28.2. The molecular formula is C31H42ClN5O2S. The number of halogens is 1. The maximum Gasteiger partial charge on any atom is 0.253 e. The first-order valence-electron chi connectivity index (χ1n) is 14.7. The lowest BCUT2D eigenvalue weighted by atomic mass is 9.98. The van der Waals surface area contributed by atoms with E-state index in [0.29, 0.717) is 41.1 Å². The SMILES string of the molecule is Cc1cc(Cl)nc(C)c1C(=O)NCCC(C)N1CCC(N2C(=S)N(CC3CCCO3)CC2c2ccccc2)CC1. The Balaban J connectivity index is 1.15. The molecule has 3 atom stereocenters. The predicted octanol–water partition coefficient (Wildman–Crippen LogP) is 5.15. The third-order valence-electron chi connectivity index (χ3n) is 8.81. The van der Waals surface area contributed by atoms with Gasteiger partial charge in [0.1, 0.15) is 5.15 Å². The van der Waals surface area contributed by atoms with E-state index in [-0.39, 0.29) is 11.9 Å². The van der Waals surface area contributed by atoms with Crippen LogP contribution in [-0.2, 0) is 4.74 Å². The number of pyridine rings is 1. The fourth-order valence-corrected chi connectivity index (χ4v) is 7.32. The molecule has 7 nitrogen and oxygen atoms in total. The number of aromatic nitrogens is 1. The number of carbonyl (C=O) groups excluding carboxylic acids is 1. The van der Waals surface area contributed by atoms with Crippen molar-refractivity contribution in [2.75, 3.05) is 39.3 Å². The number of benzene rings is 1. The van der Waals surface area contributed by atoms with E-state index in [2.05, 4.69) is 62.3 Å². The Hall–Kier alpha value is -2.26. The Morgan fingerprint density at radius 2 is 1.95 bits per heavy atom. The van der Waals surface area contributed by atoms with Crippen molar-refractivity contribution in [2.45, 2.75) is 77.1 Å². The van der Waals surface area contributed by atoms with Crippen LogP contribution in [0.5, 0.6) is 0 Å². The van der Waals surface area contributed by atoms with Crippen LogP contribution in [0.25, 0.3) is 0 Å². The summed E-state index contributed by atoms with van der Waals surface area (Å²) in [5.74, 6) is -0.0767. The van der Waals surface area contributed by atoms with Crippen molar-refractivity contribution in [3.63, 3.8) is 0 Å². The number of rotatable bonds is 9. The van der Waals surface area contributed by atoms with Crippen LogP contribution in [0.15, 0.2) is 36.4 Å². The summed E-state index contributed by atoms with van der Waals surface area (Å²) in [6, 6.07) is 13.7. The van der Waals surface area contributed by atoms with Crippen LogP contribution >= 0.6 is 23.8 Å². The first kappa shape index (κ1) is 29.2. The van der Waals surface area contributed by atoms with Crippen molar-refractivity contribution in [1.82, 2.24) is 25.0 Å². The topological polar surface area (TPSA) is 60.9 Å². The zero-order valence-electron chi connectivity index (χ0n) is 23.9. The smallest absolute Gasteiger partial charge is 0.253 e. The number of piperidine rings is 1. The highest BCUT2D eigenvalue weighted by atomic mass is 35.5. The number of amides is 1. The molecule has 0 saturated carbocycles. The van der Waals surface area contributed by atoms with Crippen molar-refractivity contribution < 1.29 is 9.53 Å². The van der Waals surface area contributed by atoms with Crippen molar-refractivity contribution in [1.29, 1.82) is 0 Å². The molecule has 1 aromatic heterocycles. The van der Waals surface area contributed by atoms with Gasteiger partial charge in [-0.3, -0.25) is 4.79 Å². The summed E-state index contributed by atoms with van der Waals surface area (Å²) in [6.45, 7) is 11.4. The van der Waals surface area contributed by atoms with E-state index in [4.69, 9.17) is 28.6 Å². The number of likely N-dealkylation sites (tertiary alicyclic amines) is 1. The lowest BCUT2D eigenvalue weighted by molar-refractivity contribution is 0.0929. The summed E-state index contributed by atoms with van der Waals surface area (Å²) in [7, 11) is 0. The van der Waals surface area contributed by atoms with Gasteiger partial charge in [-0.1, -0.05) is 41.9 Å². The van der Waals surface area contributed by atoms with Gasteiger partial charge in [-0.15, -0.1) is 0 Å². The number of hydrogen-bond acceptors (Lipinski definition) is 5. The number of carbonyl (C=O) groups is 1. The maximum atomic E-state index is 12.8. The highest BCUT2D eigenvalue weighted by Gasteiger charge is 2.41. The molecule has 5 rings (SSSR count). The summed E-state index contributed by atoms with van der Waals surface area (Å²) in [5.41, 5.74) is 3.49. The van der Waals surface area contributed by atoms with Crippen LogP contribution in [0.3, 0.4) is 0 Å². The molecule has 3 saturated heterocycles. The molecule has 216 valence electrons. The van der Waals surface area contributed by atoms with Gasteiger partial charge in [-0.25, -0.2) is 4.98 Å². The minimum Gasteiger partial charge on any atom is -0.376 e. The van der Waals surface area contributed by atoms with E-state index < -0.39 is 0 Å². The Morgan fingerprint density at radius 1 is 1.20 bits per heavy atom. The monoisotopic (exact) mass is 583 g/mol. The molecule has 9 heteroatoms. The van der Waals surface area contributed by atoms with Gasteiger partial charge < -0.3 is 24.8 Å². The summed E-state index contributed by atoms with van der Waals surface area (Å²) in [4.78, 5) is 24.6. The third-order valence-corrected chi connectivity index (χ3v) is 9.47. The molecule has 0 aliphatic carbocycles. The number of aryl methyl sites for hydroxylation is 2. The molecule has 3 unspecified atom stereocenters. The molecule has 3 aliphatic heterocycles. The van der Waals surface area contributed by atoms with E-state index in [1.165, 1.54) is 5.56 Å². The van der Waals surface area contributed by atoms with Gasteiger partial charge in [-0.05, 0) is 82.3 Å². The van der Waals surface area contributed by atoms with E-state index in [0.717, 1.165) is 75.6 Å². The second-order valence-corrected chi connectivity index (χ2v) is 12.3. The molecule has 2 aromatic rings. The molecule has 3 fully saturated rings. The molecule has 0 bridgehead atoms. The van der Waals surface area contributed by atoms with Gasteiger partial charge in [-0.2, -0.15) is 0 Å². The molecule has 4 heterocycles. The van der Waals surface area contributed by atoms with Gasteiger partial charge >= 0.3 is 0 Å². The third kappa shape index (κ3) is 6.62. The lowest BCUT2D eigenvalue weighted by Crippen LogP contribution is -2.49. The Kier molecular flexibility index (Phi) is 9.61. The average molecular weight is 584 g/mol. The normalized spacial score (nSPS) is 23.1. The zero-order valence-corrected chi connectivity index (χ0v) is 25.5. The predicted molar refractivity (Wildman–Crippen MR) is 164 cm³/mol. The van der Waals surface area contributed by atoms with Crippen LogP contribution in [0.2, 0.25) is 5.15 Å². The lowest BCUT2D eigenvalue weighted by Gasteiger charge is -2.42. The molecular weight excluding hydrogens is 542 g/mol. The highest BCUT2D eigenvalue weighted by Crippen LogP contribution is 2.36. The molecule has 1 aromatic carbocycles. The van der Waals surface area contributed by atoms with Gasteiger partial charge in [0.05, 0.1) is 23.4 Å². The van der Waals surface area contributed by atoms with Crippen molar-refractivity contribution in [3.8, 4) is 0 Å². The van der Waals surface area contributed by atoms with Crippen LogP contribution in [-0.4, -0.2) is 88.2 Å². The number of nitrogens with zero attached hydrogens (tertiary/aromatic N) is 4. The molecule has 0 radical (unpaired) electrons. The second kappa shape index (κ2) is 13.1. The van der Waals surface area contributed by atoms with Crippen LogP contribution < -0.4 is 5.32 Å². The minimum atomic E-state index is -0.0767. The molecule has 3 aliphatic rings. The molecule has 1 N–H and O–H groups in total. The summed E-state index contributed by atoms with van der Waals surface area (Å²) < 4.78 is 5.95. The van der Waals surface area contributed by atoms with Crippen LogP contribution in [0.4, 0.5) is 0 Å². The first-order chi connectivity index (χ1) is 19.3. The Bertz CT molecular complexity index is 1160. The summed E-state index contributed by atoms with van der Waals surface area (Å²) >= 11 is 12.1. The average Bonchev–Trinajstić information content (AvgIpc) is 3.56. The van der Waals surface area contributed by atoms with Gasteiger partial charge in [0.2, 0.25) is 0 Å². The van der Waals surface area contributed by atoms with E-state index in [9.17, 15) is 4.79 Å². The minimum absolute atomic E-state index is 0.0767. The first-order valence-corrected chi connectivity index (χ1v) is 15.5. The quantitative estimate of drug-likeness (QED) is 0.324. The van der Waals surface area contributed by atoms with E-state index >= 15 is 0 Å². The van der Waals surface area contributed by atoms with Crippen LogP contribution in [0, 0.1) is 13.8 Å². The van der Waals surface area contributed by atoms with Gasteiger partial charge in [0.25, 0.3) is 5.91 Å². The molecule has 40 heavy (non-hydrogen) atoms. The summed E-state index contributed by atoms with van der Waals surface area (Å²) in [5, 5.41) is 4.51.